The zero-order valence-electron chi connectivity index (χ0n) is 12.0. The molecule has 23 heavy (non-hydrogen) atoms. The molecular weight excluding hydrogens is 294 g/mol. The van der Waals surface area contributed by atoms with E-state index < -0.39 is 12.0 Å². The van der Waals surface area contributed by atoms with Crippen LogP contribution in [-0.4, -0.2) is 16.9 Å². The molecule has 0 aliphatic heterocycles. The Bertz CT molecular complexity index is 774. The summed E-state index contributed by atoms with van der Waals surface area (Å²) in [5.41, 5.74) is 10.1. The summed E-state index contributed by atoms with van der Waals surface area (Å²) >= 11 is 0. The Labute approximate surface area is 132 Å². The van der Waals surface area contributed by atoms with E-state index in [-0.39, 0.29) is 5.78 Å². The molecule has 1 unspecified atom stereocenters. The van der Waals surface area contributed by atoms with Crippen LogP contribution in [0.2, 0.25) is 0 Å². The predicted octanol–water partition coefficient (Wildman–Crippen LogP) is 4.02. The van der Waals surface area contributed by atoms with Gasteiger partial charge in [0.05, 0.1) is 0 Å². The summed E-state index contributed by atoms with van der Waals surface area (Å²) in [6.07, 6.45) is 3.09. The lowest BCUT2D eigenvalue weighted by Gasteiger charge is -2.06. The smallest absolute Gasteiger partial charge is 0.316 e. The lowest BCUT2D eigenvalue weighted by atomic mass is 10.0. The number of azide groups is 1. The van der Waals surface area contributed by atoms with E-state index in [4.69, 9.17) is 10.6 Å². The molecule has 0 aromatic heterocycles. The summed E-state index contributed by atoms with van der Waals surface area (Å²) in [6.45, 7) is 0. The van der Waals surface area contributed by atoms with E-state index >= 15 is 0 Å². The molecule has 0 saturated carbocycles. The van der Waals surface area contributed by atoms with Crippen molar-refractivity contribution < 1.29 is 14.7 Å². The van der Waals surface area contributed by atoms with Gasteiger partial charge >= 0.3 is 5.97 Å². The van der Waals surface area contributed by atoms with Gasteiger partial charge in [0.25, 0.3) is 0 Å². The molecule has 0 aliphatic carbocycles. The molecule has 0 spiro atoms. The summed E-state index contributed by atoms with van der Waals surface area (Å²) in [5.74, 6) is -1.34. The van der Waals surface area contributed by atoms with Crippen molar-refractivity contribution in [3.63, 3.8) is 0 Å². The highest BCUT2D eigenvalue weighted by molar-refractivity contribution is 6.06. The summed E-state index contributed by atoms with van der Waals surface area (Å²) in [4.78, 5) is 25.5. The third-order valence-electron chi connectivity index (χ3n) is 3.14. The van der Waals surface area contributed by atoms with Gasteiger partial charge in [-0.15, -0.1) is 0 Å². The van der Waals surface area contributed by atoms with Crippen LogP contribution < -0.4 is 0 Å². The minimum absolute atomic E-state index is 0.118. The van der Waals surface area contributed by atoms with E-state index in [0.29, 0.717) is 11.1 Å². The Morgan fingerprint density at radius 1 is 1.09 bits per heavy atom. The number of ketones is 1. The van der Waals surface area contributed by atoms with Crippen LogP contribution in [0.3, 0.4) is 0 Å². The molecule has 2 aromatic rings. The maximum absolute atomic E-state index is 11.9. The van der Waals surface area contributed by atoms with E-state index in [0.717, 1.165) is 5.56 Å². The van der Waals surface area contributed by atoms with Crippen LogP contribution in [0.5, 0.6) is 0 Å². The molecule has 0 saturated heterocycles. The molecule has 6 heteroatoms. The van der Waals surface area contributed by atoms with Crippen LogP contribution in [0, 0.1) is 0 Å². The molecule has 0 bridgehead atoms. The third kappa shape index (κ3) is 4.30. The number of carbonyl (C=O) groups excluding carboxylic acids is 1. The SMILES string of the molecule is [N-]=[N+]=NC(C(=O)O)c1ccc(C=CC(=O)c2ccccc2)cc1. The molecule has 114 valence electrons. The van der Waals surface area contributed by atoms with Crippen LogP contribution in [0.1, 0.15) is 27.5 Å². The fraction of sp³-hybridized carbons (Fsp3) is 0.0588. The first kappa shape index (κ1) is 16.0. The van der Waals surface area contributed by atoms with E-state index in [1.807, 2.05) is 6.07 Å². The van der Waals surface area contributed by atoms with Gasteiger partial charge in [0.15, 0.2) is 11.8 Å². The van der Waals surface area contributed by atoms with E-state index in [9.17, 15) is 9.59 Å². The average molecular weight is 307 g/mol. The zero-order valence-corrected chi connectivity index (χ0v) is 12.0. The second kappa shape index (κ2) is 7.59. The van der Waals surface area contributed by atoms with Crippen LogP contribution in [0.15, 0.2) is 65.8 Å². The summed E-state index contributed by atoms with van der Waals surface area (Å²) in [5, 5.41) is 12.3. The van der Waals surface area contributed by atoms with Crippen LogP contribution in [0.25, 0.3) is 16.5 Å². The maximum atomic E-state index is 11.9. The number of hydrogen-bond donors (Lipinski definition) is 1. The number of benzene rings is 2. The summed E-state index contributed by atoms with van der Waals surface area (Å²) < 4.78 is 0. The normalized spacial score (nSPS) is 11.7. The van der Waals surface area contributed by atoms with Crippen molar-refractivity contribution in [2.24, 2.45) is 5.11 Å². The molecule has 0 heterocycles. The highest BCUT2D eigenvalue weighted by Gasteiger charge is 2.17. The number of allylic oxidation sites excluding steroid dienone is 1. The number of aliphatic carboxylic acids is 1. The first-order valence-corrected chi connectivity index (χ1v) is 6.76. The molecule has 1 atom stereocenters. The number of carbonyl (C=O) groups is 2. The first-order valence-electron chi connectivity index (χ1n) is 6.76. The van der Waals surface area contributed by atoms with E-state index in [1.165, 1.54) is 6.08 Å². The molecular formula is C17H13N3O3. The van der Waals surface area contributed by atoms with Gasteiger partial charge in [-0.2, -0.15) is 0 Å². The van der Waals surface area contributed by atoms with Gasteiger partial charge in [-0.25, -0.2) is 0 Å². The van der Waals surface area contributed by atoms with Gasteiger partial charge < -0.3 is 5.11 Å². The second-order valence-electron chi connectivity index (χ2n) is 4.68. The fourth-order valence-corrected chi connectivity index (χ4v) is 1.97. The quantitative estimate of drug-likeness (QED) is 0.286. The van der Waals surface area contributed by atoms with Crippen molar-refractivity contribution in [2.45, 2.75) is 6.04 Å². The molecule has 0 radical (unpaired) electrons. The van der Waals surface area contributed by atoms with Crippen molar-refractivity contribution >= 4 is 17.8 Å². The minimum atomic E-state index is -1.26. The van der Waals surface area contributed by atoms with Crippen LogP contribution >= 0.6 is 0 Å². The van der Waals surface area contributed by atoms with E-state index in [2.05, 4.69) is 10.0 Å². The number of nitrogens with zero attached hydrogens (tertiary/aromatic N) is 3. The highest BCUT2D eigenvalue weighted by atomic mass is 16.4. The van der Waals surface area contributed by atoms with Crippen LogP contribution in [0.4, 0.5) is 0 Å². The first-order chi connectivity index (χ1) is 11.1. The van der Waals surface area contributed by atoms with Crippen molar-refractivity contribution in [3.05, 3.63) is 87.8 Å². The molecule has 6 nitrogen and oxygen atoms in total. The average Bonchev–Trinajstić information content (AvgIpc) is 2.58. The molecule has 2 aromatic carbocycles. The Kier molecular flexibility index (Phi) is 5.28. The van der Waals surface area contributed by atoms with Gasteiger partial charge in [-0.3, -0.25) is 9.59 Å². The second-order valence-corrected chi connectivity index (χ2v) is 4.68. The van der Waals surface area contributed by atoms with Crippen molar-refractivity contribution in [1.29, 1.82) is 0 Å². The Hall–Kier alpha value is -3.37. The topological polar surface area (TPSA) is 103 Å². The Morgan fingerprint density at radius 3 is 2.30 bits per heavy atom. The third-order valence-corrected chi connectivity index (χ3v) is 3.14. The molecule has 0 aliphatic rings. The lowest BCUT2D eigenvalue weighted by molar-refractivity contribution is -0.138. The highest BCUT2D eigenvalue weighted by Crippen LogP contribution is 2.19. The Balaban J connectivity index is 2.14. The predicted molar refractivity (Wildman–Crippen MR) is 85.8 cm³/mol. The Morgan fingerprint density at radius 2 is 1.74 bits per heavy atom. The zero-order chi connectivity index (χ0) is 16.7. The van der Waals surface area contributed by atoms with Gasteiger partial charge in [-0.1, -0.05) is 65.8 Å². The van der Waals surface area contributed by atoms with Crippen molar-refractivity contribution in [2.75, 3.05) is 0 Å². The number of carboxylic acids is 1. The molecule has 1 N–H and O–H groups in total. The minimum Gasteiger partial charge on any atom is -0.481 e. The monoisotopic (exact) mass is 307 g/mol. The number of rotatable bonds is 6. The standard InChI is InChI=1S/C17H13N3O3/c18-20-19-16(17(22)23)14-9-6-12(7-10-14)8-11-15(21)13-4-2-1-3-5-13/h1-11,16H,(H,22,23). The number of carboxylic acid groups (broad SMARTS) is 1. The number of hydrogen-bond acceptors (Lipinski definition) is 3. The maximum Gasteiger partial charge on any atom is 0.316 e. The van der Waals surface area contributed by atoms with Crippen molar-refractivity contribution in [1.82, 2.24) is 0 Å². The van der Waals surface area contributed by atoms with Crippen LogP contribution in [-0.2, 0) is 4.79 Å². The lowest BCUT2D eigenvalue weighted by Crippen LogP contribution is -2.08. The molecule has 2 rings (SSSR count). The van der Waals surface area contributed by atoms with E-state index in [1.54, 1.807) is 54.6 Å². The molecule has 0 amide bonds. The van der Waals surface area contributed by atoms with Gasteiger partial charge in [0, 0.05) is 10.5 Å². The summed E-state index contributed by atoms with van der Waals surface area (Å²) in [6, 6.07) is 14.0. The van der Waals surface area contributed by atoms with Gasteiger partial charge in [0.1, 0.15) is 0 Å². The van der Waals surface area contributed by atoms with Gasteiger partial charge in [0.2, 0.25) is 0 Å². The fourth-order valence-electron chi connectivity index (χ4n) is 1.97. The largest absolute Gasteiger partial charge is 0.481 e. The summed E-state index contributed by atoms with van der Waals surface area (Å²) in [7, 11) is 0. The molecule has 0 fully saturated rings. The van der Waals surface area contributed by atoms with Crippen molar-refractivity contribution in [3.8, 4) is 0 Å². The van der Waals surface area contributed by atoms with Gasteiger partial charge in [-0.05, 0) is 22.7 Å².